The van der Waals surface area contributed by atoms with E-state index >= 15 is 0 Å². The van der Waals surface area contributed by atoms with Gasteiger partial charge in [-0.05, 0) is 46.1 Å². The van der Waals surface area contributed by atoms with Crippen molar-refractivity contribution in [3.05, 3.63) is 17.5 Å². The normalized spacial score (nSPS) is 19.6. The molecule has 26 heavy (non-hydrogen) atoms. The first-order valence-corrected chi connectivity index (χ1v) is 9.26. The molecule has 1 amide bonds. The first kappa shape index (κ1) is 20.7. The highest BCUT2D eigenvalue weighted by Gasteiger charge is 2.40. The smallest absolute Gasteiger partial charge is 0.350 e. The van der Waals surface area contributed by atoms with Gasteiger partial charge in [0.15, 0.2) is 5.69 Å². The number of hydrogen-bond donors (Lipinski definition) is 1. The molecule has 5 nitrogen and oxygen atoms in total. The zero-order valence-electron chi connectivity index (χ0n) is 16.0. The van der Waals surface area contributed by atoms with Gasteiger partial charge in [-0.25, -0.2) is 0 Å². The summed E-state index contributed by atoms with van der Waals surface area (Å²) in [7, 11) is 0. The number of carbonyl (C=O) groups is 1. The molecule has 1 unspecified atom stereocenters. The number of nitrogens with one attached hydrogen (secondary N) is 1. The number of alkyl halides is 3. The minimum absolute atomic E-state index is 0.0554. The van der Waals surface area contributed by atoms with Crippen molar-refractivity contribution in [1.82, 2.24) is 20.0 Å². The van der Waals surface area contributed by atoms with E-state index < -0.39 is 23.3 Å². The predicted octanol–water partition coefficient (Wildman–Crippen LogP) is 3.55. The van der Waals surface area contributed by atoms with Gasteiger partial charge in [-0.15, -0.1) is 0 Å². The molecule has 0 spiro atoms. The molecule has 1 atom stereocenters. The van der Waals surface area contributed by atoms with E-state index in [1.807, 2.05) is 13.8 Å². The van der Waals surface area contributed by atoms with Crippen LogP contribution in [0.15, 0.2) is 6.20 Å². The van der Waals surface area contributed by atoms with E-state index in [1.54, 1.807) is 6.92 Å². The fourth-order valence-corrected chi connectivity index (χ4v) is 3.54. The van der Waals surface area contributed by atoms with Gasteiger partial charge in [0.2, 0.25) is 0 Å². The van der Waals surface area contributed by atoms with Crippen LogP contribution in [0.3, 0.4) is 0 Å². The van der Waals surface area contributed by atoms with Crippen molar-refractivity contribution in [3.8, 4) is 0 Å². The van der Waals surface area contributed by atoms with E-state index in [-0.39, 0.29) is 18.6 Å². The predicted molar refractivity (Wildman–Crippen MR) is 93.9 cm³/mol. The van der Waals surface area contributed by atoms with E-state index in [4.69, 9.17) is 0 Å². The summed E-state index contributed by atoms with van der Waals surface area (Å²) in [5.41, 5.74) is -1.72. The number of aromatic nitrogens is 2. The second-order valence-corrected chi connectivity index (χ2v) is 7.58. The SMILES string of the molecule is CCC1CCCN(C(C)(C)CNC(=O)c2cnn(CC)c2C(F)(F)F)C1. The first-order valence-electron chi connectivity index (χ1n) is 9.26. The fraction of sp³-hybridized carbons (Fsp3) is 0.778. The molecular weight excluding hydrogens is 345 g/mol. The molecule has 1 aliphatic heterocycles. The third-order valence-corrected chi connectivity index (χ3v) is 5.29. The molecule has 0 saturated carbocycles. The number of likely N-dealkylation sites (tertiary alicyclic amines) is 1. The fourth-order valence-electron chi connectivity index (χ4n) is 3.54. The molecule has 0 aliphatic carbocycles. The molecule has 1 saturated heterocycles. The van der Waals surface area contributed by atoms with Crippen LogP contribution in [0, 0.1) is 5.92 Å². The quantitative estimate of drug-likeness (QED) is 0.828. The van der Waals surface area contributed by atoms with Crippen molar-refractivity contribution in [2.45, 2.75) is 65.2 Å². The lowest BCUT2D eigenvalue weighted by molar-refractivity contribution is -0.144. The topological polar surface area (TPSA) is 50.2 Å². The van der Waals surface area contributed by atoms with E-state index in [0.29, 0.717) is 5.92 Å². The Morgan fingerprint density at radius 2 is 2.04 bits per heavy atom. The van der Waals surface area contributed by atoms with E-state index in [9.17, 15) is 18.0 Å². The van der Waals surface area contributed by atoms with Gasteiger partial charge in [0.25, 0.3) is 5.91 Å². The lowest BCUT2D eigenvalue weighted by atomic mass is 9.91. The van der Waals surface area contributed by atoms with Crippen molar-refractivity contribution in [2.24, 2.45) is 5.92 Å². The first-order chi connectivity index (χ1) is 12.1. The van der Waals surface area contributed by atoms with Crippen molar-refractivity contribution in [3.63, 3.8) is 0 Å². The standard InChI is InChI=1S/C18H29F3N4O/c1-5-13-8-7-9-24(11-13)17(3,4)12-22-16(26)14-10-23-25(6-2)15(14)18(19,20)21/h10,13H,5-9,11-12H2,1-4H3,(H,22,26). The minimum Gasteiger partial charge on any atom is -0.350 e. The second kappa shape index (κ2) is 7.98. The summed E-state index contributed by atoms with van der Waals surface area (Å²) in [6.45, 7) is 10.0. The molecule has 0 radical (unpaired) electrons. The van der Waals surface area contributed by atoms with E-state index in [0.717, 1.165) is 36.8 Å². The van der Waals surface area contributed by atoms with Crippen LogP contribution in [0.2, 0.25) is 0 Å². The van der Waals surface area contributed by atoms with Gasteiger partial charge in [-0.3, -0.25) is 14.4 Å². The third-order valence-electron chi connectivity index (χ3n) is 5.29. The summed E-state index contributed by atoms with van der Waals surface area (Å²) in [4.78, 5) is 14.7. The molecule has 2 rings (SSSR count). The van der Waals surface area contributed by atoms with Crippen LogP contribution >= 0.6 is 0 Å². The number of piperidine rings is 1. The van der Waals surface area contributed by atoms with Crippen LogP contribution in [-0.4, -0.2) is 45.8 Å². The second-order valence-electron chi connectivity index (χ2n) is 7.58. The maximum Gasteiger partial charge on any atom is 0.433 e. The number of hydrogen-bond acceptors (Lipinski definition) is 3. The van der Waals surface area contributed by atoms with Gasteiger partial charge in [0, 0.05) is 25.2 Å². The highest BCUT2D eigenvalue weighted by molar-refractivity contribution is 5.95. The molecule has 1 aromatic rings. The molecule has 2 heterocycles. The molecular formula is C18H29F3N4O. The highest BCUT2D eigenvalue weighted by Crippen LogP contribution is 2.32. The Morgan fingerprint density at radius 3 is 2.62 bits per heavy atom. The van der Waals surface area contributed by atoms with E-state index in [1.165, 1.54) is 6.42 Å². The van der Waals surface area contributed by atoms with Crippen molar-refractivity contribution in [2.75, 3.05) is 19.6 Å². The van der Waals surface area contributed by atoms with Gasteiger partial charge >= 0.3 is 6.18 Å². The Labute approximate surface area is 152 Å². The van der Waals surface area contributed by atoms with Crippen LogP contribution in [0.25, 0.3) is 0 Å². The summed E-state index contributed by atoms with van der Waals surface area (Å²) in [5.74, 6) is -0.0903. The lowest BCUT2D eigenvalue weighted by Crippen LogP contribution is -2.54. The number of aryl methyl sites for hydroxylation is 1. The van der Waals surface area contributed by atoms with Crippen molar-refractivity contribution >= 4 is 5.91 Å². The van der Waals surface area contributed by atoms with Crippen molar-refractivity contribution < 1.29 is 18.0 Å². The van der Waals surface area contributed by atoms with Gasteiger partial charge in [0.05, 0.1) is 11.8 Å². The maximum absolute atomic E-state index is 13.3. The summed E-state index contributed by atoms with van der Waals surface area (Å²) < 4.78 is 40.7. The monoisotopic (exact) mass is 374 g/mol. The van der Waals surface area contributed by atoms with Crippen LogP contribution in [0.1, 0.15) is 63.0 Å². The van der Waals surface area contributed by atoms with Crippen LogP contribution < -0.4 is 5.32 Å². The van der Waals surface area contributed by atoms with Gasteiger partial charge in [-0.2, -0.15) is 18.3 Å². The zero-order valence-corrected chi connectivity index (χ0v) is 16.0. The Balaban J connectivity index is 2.07. The maximum atomic E-state index is 13.3. The van der Waals surface area contributed by atoms with Gasteiger partial charge in [0.1, 0.15) is 0 Å². The Hall–Kier alpha value is -1.57. The molecule has 1 fully saturated rings. The Bertz CT molecular complexity index is 624. The number of rotatable bonds is 6. The number of amides is 1. The summed E-state index contributed by atoms with van der Waals surface area (Å²) >= 11 is 0. The Kier molecular flexibility index (Phi) is 6.37. The molecule has 1 N–H and O–H groups in total. The summed E-state index contributed by atoms with van der Waals surface area (Å²) in [5, 5.41) is 6.39. The number of nitrogens with zero attached hydrogens (tertiary/aromatic N) is 3. The number of halogens is 3. The van der Waals surface area contributed by atoms with Gasteiger partial charge < -0.3 is 5.32 Å². The highest BCUT2D eigenvalue weighted by atomic mass is 19.4. The van der Waals surface area contributed by atoms with Gasteiger partial charge in [-0.1, -0.05) is 13.3 Å². The summed E-state index contributed by atoms with van der Waals surface area (Å²) in [6.07, 6.45) is -0.180. The van der Waals surface area contributed by atoms with Crippen LogP contribution in [0.5, 0.6) is 0 Å². The largest absolute Gasteiger partial charge is 0.433 e. The molecule has 1 aliphatic rings. The number of carbonyl (C=O) groups excluding carboxylic acids is 1. The molecule has 8 heteroatoms. The third kappa shape index (κ3) is 4.58. The average molecular weight is 374 g/mol. The molecule has 0 bridgehead atoms. The molecule has 0 aromatic carbocycles. The minimum atomic E-state index is -4.62. The van der Waals surface area contributed by atoms with Crippen molar-refractivity contribution in [1.29, 1.82) is 0 Å². The average Bonchev–Trinajstić information content (AvgIpc) is 3.04. The lowest BCUT2D eigenvalue weighted by Gasteiger charge is -2.43. The van der Waals surface area contributed by atoms with Crippen LogP contribution in [0.4, 0.5) is 13.2 Å². The molecule has 148 valence electrons. The molecule has 1 aromatic heterocycles. The van der Waals surface area contributed by atoms with Crippen LogP contribution in [-0.2, 0) is 12.7 Å². The Morgan fingerprint density at radius 1 is 1.35 bits per heavy atom. The van der Waals surface area contributed by atoms with E-state index in [2.05, 4.69) is 22.2 Å². The summed E-state index contributed by atoms with van der Waals surface area (Å²) in [6, 6.07) is 0. The zero-order chi connectivity index (χ0) is 19.5.